The van der Waals surface area contributed by atoms with E-state index in [1.807, 2.05) is 0 Å². The molecule has 1 aliphatic rings. The SMILES string of the molecule is COc1cc(C(=O)O)ccc1OCCN1CCNC1=O. The molecule has 1 fully saturated rings. The van der Waals surface area contributed by atoms with Gasteiger partial charge in [-0.1, -0.05) is 0 Å². The van der Waals surface area contributed by atoms with Gasteiger partial charge in [0, 0.05) is 13.1 Å². The van der Waals surface area contributed by atoms with E-state index >= 15 is 0 Å². The van der Waals surface area contributed by atoms with E-state index in [2.05, 4.69) is 5.32 Å². The molecule has 0 bridgehead atoms. The minimum Gasteiger partial charge on any atom is -0.493 e. The van der Waals surface area contributed by atoms with Gasteiger partial charge < -0.3 is 24.8 Å². The minimum atomic E-state index is -1.02. The summed E-state index contributed by atoms with van der Waals surface area (Å²) in [4.78, 5) is 23.8. The van der Waals surface area contributed by atoms with Gasteiger partial charge in [-0.3, -0.25) is 0 Å². The number of aromatic carboxylic acids is 1. The number of carbonyl (C=O) groups is 2. The molecular formula is C13H16N2O5. The number of nitrogens with one attached hydrogen (secondary N) is 1. The Balaban J connectivity index is 1.95. The molecule has 0 aliphatic carbocycles. The van der Waals surface area contributed by atoms with Crippen LogP contribution in [0.4, 0.5) is 4.79 Å². The molecule has 2 N–H and O–H groups in total. The highest BCUT2D eigenvalue weighted by Crippen LogP contribution is 2.28. The standard InChI is InChI=1S/C13H16N2O5/c1-19-11-8-9(12(16)17)2-3-10(11)20-7-6-15-5-4-14-13(15)18/h2-3,8H,4-7H2,1H3,(H,14,18)(H,16,17). The number of carboxylic acids is 1. The highest BCUT2D eigenvalue weighted by Gasteiger charge is 2.19. The second-order valence-electron chi connectivity index (χ2n) is 4.24. The average Bonchev–Trinajstić information content (AvgIpc) is 2.84. The Bertz CT molecular complexity index is 517. The number of rotatable bonds is 6. The van der Waals surface area contributed by atoms with E-state index in [1.54, 1.807) is 11.0 Å². The lowest BCUT2D eigenvalue weighted by Crippen LogP contribution is -2.31. The molecule has 1 aliphatic heterocycles. The van der Waals surface area contributed by atoms with Gasteiger partial charge in [-0.25, -0.2) is 9.59 Å². The smallest absolute Gasteiger partial charge is 0.335 e. The first-order chi connectivity index (χ1) is 9.61. The van der Waals surface area contributed by atoms with E-state index < -0.39 is 5.97 Å². The first-order valence-electron chi connectivity index (χ1n) is 6.18. The van der Waals surface area contributed by atoms with Crippen LogP contribution >= 0.6 is 0 Å². The van der Waals surface area contributed by atoms with Crippen molar-refractivity contribution in [2.75, 3.05) is 33.4 Å². The van der Waals surface area contributed by atoms with Gasteiger partial charge in [-0.2, -0.15) is 0 Å². The lowest BCUT2D eigenvalue weighted by Gasteiger charge is -2.16. The Hall–Kier alpha value is -2.44. The van der Waals surface area contributed by atoms with Gasteiger partial charge >= 0.3 is 12.0 Å². The van der Waals surface area contributed by atoms with Crippen LogP contribution in [0.3, 0.4) is 0 Å². The van der Waals surface area contributed by atoms with Crippen LogP contribution in [0.1, 0.15) is 10.4 Å². The molecule has 1 saturated heterocycles. The Labute approximate surface area is 116 Å². The summed E-state index contributed by atoms with van der Waals surface area (Å²) in [5, 5.41) is 11.6. The maximum Gasteiger partial charge on any atom is 0.335 e. The Morgan fingerprint density at radius 1 is 1.45 bits per heavy atom. The third kappa shape index (κ3) is 3.11. The largest absolute Gasteiger partial charge is 0.493 e. The van der Waals surface area contributed by atoms with E-state index in [1.165, 1.54) is 19.2 Å². The zero-order valence-electron chi connectivity index (χ0n) is 11.1. The van der Waals surface area contributed by atoms with Crippen LogP contribution in [0, 0.1) is 0 Å². The first kappa shape index (κ1) is 14.0. The van der Waals surface area contributed by atoms with Crippen molar-refractivity contribution in [3.8, 4) is 11.5 Å². The monoisotopic (exact) mass is 280 g/mol. The zero-order chi connectivity index (χ0) is 14.5. The van der Waals surface area contributed by atoms with Crippen molar-refractivity contribution in [1.29, 1.82) is 0 Å². The van der Waals surface area contributed by atoms with Crippen LogP contribution in [0.15, 0.2) is 18.2 Å². The molecule has 20 heavy (non-hydrogen) atoms. The zero-order valence-corrected chi connectivity index (χ0v) is 11.1. The van der Waals surface area contributed by atoms with Gasteiger partial charge in [0.2, 0.25) is 0 Å². The molecule has 0 spiro atoms. The lowest BCUT2D eigenvalue weighted by molar-refractivity contribution is 0.0696. The van der Waals surface area contributed by atoms with Gasteiger partial charge in [-0.05, 0) is 18.2 Å². The summed E-state index contributed by atoms with van der Waals surface area (Å²) in [6.07, 6.45) is 0. The number of benzene rings is 1. The molecule has 1 aromatic carbocycles. The van der Waals surface area contributed by atoms with Gasteiger partial charge in [0.15, 0.2) is 11.5 Å². The van der Waals surface area contributed by atoms with E-state index in [9.17, 15) is 9.59 Å². The predicted octanol–water partition coefficient (Wildman–Crippen LogP) is 0.797. The Morgan fingerprint density at radius 3 is 2.85 bits per heavy atom. The number of ether oxygens (including phenoxy) is 2. The van der Waals surface area contributed by atoms with E-state index in [4.69, 9.17) is 14.6 Å². The third-order valence-corrected chi connectivity index (χ3v) is 2.97. The molecular weight excluding hydrogens is 264 g/mol. The van der Waals surface area contributed by atoms with Gasteiger partial charge in [0.25, 0.3) is 0 Å². The number of carbonyl (C=O) groups excluding carboxylic acids is 1. The topological polar surface area (TPSA) is 88.1 Å². The van der Waals surface area contributed by atoms with Crippen molar-refractivity contribution in [2.24, 2.45) is 0 Å². The molecule has 0 radical (unpaired) electrons. The number of methoxy groups -OCH3 is 1. The molecule has 108 valence electrons. The third-order valence-electron chi connectivity index (χ3n) is 2.97. The van der Waals surface area contributed by atoms with Crippen molar-refractivity contribution in [2.45, 2.75) is 0 Å². The number of amides is 2. The highest BCUT2D eigenvalue weighted by atomic mass is 16.5. The molecule has 0 aromatic heterocycles. The van der Waals surface area contributed by atoms with Gasteiger partial charge in [0.05, 0.1) is 19.2 Å². The fourth-order valence-electron chi connectivity index (χ4n) is 1.91. The second kappa shape index (κ2) is 6.14. The fraction of sp³-hybridized carbons (Fsp3) is 0.385. The van der Waals surface area contributed by atoms with Crippen LogP contribution in [0.25, 0.3) is 0 Å². The molecule has 7 nitrogen and oxygen atoms in total. The fourth-order valence-corrected chi connectivity index (χ4v) is 1.91. The van der Waals surface area contributed by atoms with Crippen molar-refractivity contribution in [3.63, 3.8) is 0 Å². The molecule has 1 aromatic rings. The van der Waals surface area contributed by atoms with Crippen molar-refractivity contribution in [3.05, 3.63) is 23.8 Å². The number of hydrogen-bond acceptors (Lipinski definition) is 4. The van der Waals surface area contributed by atoms with E-state index in [0.29, 0.717) is 37.7 Å². The summed E-state index contributed by atoms with van der Waals surface area (Å²) in [7, 11) is 1.45. The maximum atomic E-state index is 11.3. The Morgan fingerprint density at radius 2 is 2.25 bits per heavy atom. The molecule has 0 unspecified atom stereocenters. The molecule has 0 saturated carbocycles. The molecule has 2 rings (SSSR count). The van der Waals surface area contributed by atoms with Crippen LogP contribution in [0.2, 0.25) is 0 Å². The molecule has 1 heterocycles. The predicted molar refractivity (Wildman–Crippen MR) is 70.4 cm³/mol. The number of hydrogen-bond donors (Lipinski definition) is 2. The van der Waals surface area contributed by atoms with Crippen LogP contribution in [0.5, 0.6) is 11.5 Å². The van der Waals surface area contributed by atoms with Crippen molar-refractivity contribution in [1.82, 2.24) is 10.2 Å². The normalized spacial score (nSPS) is 14.1. The summed E-state index contributed by atoms with van der Waals surface area (Å²) in [6, 6.07) is 4.30. The summed E-state index contributed by atoms with van der Waals surface area (Å²) < 4.78 is 10.6. The van der Waals surface area contributed by atoms with Gasteiger partial charge in [0.1, 0.15) is 6.61 Å². The average molecular weight is 280 g/mol. The van der Waals surface area contributed by atoms with E-state index in [0.717, 1.165) is 0 Å². The quantitative estimate of drug-likeness (QED) is 0.804. The number of urea groups is 1. The molecule has 0 atom stereocenters. The summed E-state index contributed by atoms with van der Waals surface area (Å²) in [5.41, 5.74) is 0.133. The van der Waals surface area contributed by atoms with E-state index in [-0.39, 0.29) is 11.6 Å². The van der Waals surface area contributed by atoms with Crippen LogP contribution in [-0.4, -0.2) is 55.4 Å². The number of nitrogens with zero attached hydrogens (tertiary/aromatic N) is 1. The minimum absolute atomic E-state index is 0.0956. The lowest BCUT2D eigenvalue weighted by atomic mass is 10.2. The summed E-state index contributed by atoms with van der Waals surface area (Å²) in [6.45, 7) is 2.10. The van der Waals surface area contributed by atoms with Gasteiger partial charge in [-0.15, -0.1) is 0 Å². The number of carboxylic acid groups (broad SMARTS) is 1. The first-order valence-corrected chi connectivity index (χ1v) is 6.18. The van der Waals surface area contributed by atoms with Crippen LogP contribution in [-0.2, 0) is 0 Å². The summed E-state index contributed by atoms with van der Waals surface area (Å²) >= 11 is 0. The van der Waals surface area contributed by atoms with Crippen molar-refractivity contribution >= 4 is 12.0 Å². The maximum absolute atomic E-state index is 11.3. The summed E-state index contributed by atoms with van der Waals surface area (Å²) in [5.74, 6) is -0.212. The van der Waals surface area contributed by atoms with Crippen molar-refractivity contribution < 1.29 is 24.2 Å². The molecule has 7 heteroatoms. The Kier molecular flexibility index (Phi) is 4.29. The second-order valence-corrected chi connectivity index (χ2v) is 4.24. The van der Waals surface area contributed by atoms with Crippen LogP contribution < -0.4 is 14.8 Å². The molecule has 2 amide bonds. The highest BCUT2D eigenvalue weighted by molar-refractivity contribution is 5.88.